The summed E-state index contributed by atoms with van der Waals surface area (Å²) >= 11 is 0. The van der Waals surface area contributed by atoms with Crippen molar-refractivity contribution in [2.75, 3.05) is 13.2 Å². The molecule has 0 aliphatic heterocycles. The first-order valence-corrected chi connectivity index (χ1v) is 7.44. The van der Waals surface area contributed by atoms with Crippen LogP contribution in [0.1, 0.15) is 31.7 Å². The number of ether oxygens (including phenoxy) is 1. The zero-order valence-corrected chi connectivity index (χ0v) is 12.5. The fraction of sp³-hybridized carbons (Fsp3) is 0.562. The summed E-state index contributed by atoms with van der Waals surface area (Å²) in [5.74, 6) is 0.422. The number of aliphatic hydroxyl groups excluding tert-OH is 1. The quantitative estimate of drug-likeness (QED) is 0.633. The van der Waals surface area contributed by atoms with Gasteiger partial charge in [-0.1, -0.05) is 12.1 Å². The molecule has 21 heavy (non-hydrogen) atoms. The van der Waals surface area contributed by atoms with Gasteiger partial charge in [-0.3, -0.25) is 4.79 Å². The molecule has 1 aromatic rings. The smallest absolute Gasteiger partial charge is 0.237 e. The normalized spacial score (nSPS) is 17.2. The molecule has 1 atom stereocenters. The molecule has 0 aromatic heterocycles. The second-order valence-corrected chi connectivity index (χ2v) is 5.83. The minimum absolute atomic E-state index is 0.143. The van der Waals surface area contributed by atoms with Crippen LogP contribution in [0.4, 0.5) is 0 Å². The molecule has 1 unspecified atom stereocenters. The number of hydrogen-bond acceptors (Lipinski definition) is 4. The van der Waals surface area contributed by atoms with Crippen molar-refractivity contribution in [2.24, 2.45) is 5.73 Å². The molecule has 1 aliphatic carbocycles. The van der Waals surface area contributed by atoms with Crippen molar-refractivity contribution in [1.29, 1.82) is 0 Å². The van der Waals surface area contributed by atoms with E-state index >= 15 is 0 Å². The molecule has 0 radical (unpaired) electrons. The molecule has 1 aromatic carbocycles. The SMILES string of the molecule is CC(CCOc1ccc(CCO)cc1)(NC1CC1)C(N)=O. The number of carbonyl (C=O) groups excluding carboxylic acids is 1. The van der Waals surface area contributed by atoms with Crippen LogP contribution < -0.4 is 15.8 Å². The molecular weight excluding hydrogens is 268 g/mol. The van der Waals surface area contributed by atoms with Gasteiger partial charge in [-0.05, 0) is 43.9 Å². The molecule has 1 aliphatic rings. The van der Waals surface area contributed by atoms with Crippen LogP contribution in [0.25, 0.3) is 0 Å². The van der Waals surface area contributed by atoms with Crippen LogP contribution in [-0.2, 0) is 11.2 Å². The van der Waals surface area contributed by atoms with Gasteiger partial charge in [-0.25, -0.2) is 0 Å². The number of carbonyl (C=O) groups is 1. The van der Waals surface area contributed by atoms with E-state index in [0.717, 1.165) is 24.2 Å². The van der Waals surface area contributed by atoms with E-state index < -0.39 is 5.54 Å². The number of nitrogens with one attached hydrogen (secondary N) is 1. The first-order valence-electron chi connectivity index (χ1n) is 7.44. The van der Waals surface area contributed by atoms with E-state index in [0.29, 0.717) is 25.5 Å². The maximum absolute atomic E-state index is 11.6. The minimum atomic E-state index is -0.710. The van der Waals surface area contributed by atoms with Crippen LogP contribution in [0.15, 0.2) is 24.3 Å². The van der Waals surface area contributed by atoms with Crippen molar-refractivity contribution >= 4 is 5.91 Å². The van der Waals surface area contributed by atoms with Crippen LogP contribution >= 0.6 is 0 Å². The lowest BCUT2D eigenvalue weighted by Crippen LogP contribution is -2.54. The number of amides is 1. The molecule has 2 rings (SSSR count). The van der Waals surface area contributed by atoms with Crippen LogP contribution in [0, 0.1) is 0 Å². The lowest BCUT2D eigenvalue weighted by Gasteiger charge is -2.27. The summed E-state index contributed by atoms with van der Waals surface area (Å²) in [5.41, 5.74) is 5.86. The van der Waals surface area contributed by atoms with Crippen LogP contribution in [-0.4, -0.2) is 35.8 Å². The Kier molecular flexibility index (Phi) is 5.20. The van der Waals surface area contributed by atoms with E-state index in [9.17, 15) is 4.79 Å². The number of rotatable bonds is 9. The standard InChI is InChI=1S/C16H24N2O3/c1-16(15(17)20,18-13-4-5-13)9-11-21-14-6-2-12(3-7-14)8-10-19/h2-3,6-7,13,18-19H,4-5,8-11H2,1H3,(H2,17,20). The van der Waals surface area contributed by atoms with E-state index in [1.165, 1.54) is 0 Å². The molecule has 5 heteroatoms. The summed E-state index contributed by atoms with van der Waals surface area (Å²) < 4.78 is 5.68. The second-order valence-electron chi connectivity index (χ2n) is 5.83. The molecule has 5 nitrogen and oxygen atoms in total. The van der Waals surface area contributed by atoms with E-state index in [1.54, 1.807) is 0 Å². The van der Waals surface area contributed by atoms with Gasteiger partial charge in [0.25, 0.3) is 0 Å². The van der Waals surface area contributed by atoms with Crippen molar-refractivity contribution < 1.29 is 14.6 Å². The largest absolute Gasteiger partial charge is 0.494 e. The van der Waals surface area contributed by atoms with Gasteiger partial charge in [0.2, 0.25) is 5.91 Å². The van der Waals surface area contributed by atoms with Crippen molar-refractivity contribution in [1.82, 2.24) is 5.32 Å². The average Bonchev–Trinajstić information content (AvgIpc) is 3.25. The van der Waals surface area contributed by atoms with Crippen LogP contribution in [0.2, 0.25) is 0 Å². The Bertz CT molecular complexity index is 471. The van der Waals surface area contributed by atoms with Gasteiger partial charge >= 0.3 is 0 Å². The molecule has 1 amide bonds. The lowest BCUT2D eigenvalue weighted by molar-refractivity contribution is -0.124. The molecule has 1 saturated carbocycles. The van der Waals surface area contributed by atoms with E-state index in [1.807, 2.05) is 31.2 Å². The third-order valence-corrected chi connectivity index (χ3v) is 3.84. The molecular formula is C16H24N2O3. The van der Waals surface area contributed by atoms with Gasteiger partial charge < -0.3 is 20.9 Å². The van der Waals surface area contributed by atoms with Crippen LogP contribution in [0.5, 0.6) is 5.75 Å². The van der Waals surface area contributed by atoms with Gasteiger partial charge in [0, 0.05) is 19.1 Å². The zero-order chi connectivity index (χ0) is 15.3. The van der Waals surface area contributed by atoms with E-state index in [2.05, 4.69) is 5.32 Å². The number of hydrogen-bond donors (Lipinski definition) is 3. The number of primary amides is 1. The second kappa shape index (κ2) is 6.91. The number of aliphatic hydroxyl groups is 1. The van der Waals surface area contributed by atoms with Gasteiger partial charge in [-0.15, -0.1) is 0 Å². The van der Waals surface area contributed by atoms with E-state index in [4.69, 9.17) is 15.6 Å². The summed E-state index contributed by atoms with van der Waals surface area (Å²) in [6, 6.07) is 8.03. The number of nitrogens with two attached hydrogens (primary N) is 1. The molecule has 0 spiro atoms. The highest BCUT2D eigenvalue weighted by Gasteiger charge is 2.36. The molecule has 1 fully saturated rings. The van der Waals surface area contributed by atoms with Gasteiger partial charge in [0.15, 0.2) is 0 Å². The minimum Gasteiger partial charge on any atom is -0.494 e. The molecule has 0 bridgehead atoms. The Morgan fingerprint density at radius 2 is 2.10 bits per heavy atom. The van der Waals surface area contributed by atoms with Crippen molar-refractivity contribution in [3.8, 4) is 5.75 Å². The predicted octanol–water partition coefficient (Wildman–Crippen LogP) is 0.986. The molecule has 0 heterocycles. The molecule has 116 valence electrons. The Balaban J connectivity index is 1.82. The first kappa shape index (κ1) is 15.8. The topological polar surface area (TPSA) is 84.6 Å². The first-order chi connectivity index (χ1) is 10.0. The summed E-state index contributed by atoms with van der Waals surface area (Å²) in [6.45, 7) is 2.41. The third kappa shape index (κ3) is 4.72. The monoisotopic (exact) mass is 292 g/mol. The third-order valence-electron chi connectivity index (χ3n) is 3.84. The fourth-order valence-electron chi connectivity index (χ4n) is 2.20. The highest BCUT2D eigenvalue weighted by Crippen LogP contribution is 2.24. The van der Waals surface area contributed by atoms with Gasteiger partial charge in [0.1, 0.15) is 5.75 Å². The summed E-state index contributed by atoms with van der Waals surface area (Å²) in [6.07, 6.45) is 3.40. The van der Waals surface area contributed by atoms with Crippen LogP contribution in [0.3, 0.4) is 0 Å². The van der Waals surface area contributed by atoms with Gasteiger partial charge in [0.05, 0.1) is 12.1 Å². The Morgan fingerprint density at radius 1 is 1.43 bits per heavy atom. The summed E-state index contributed by atoms with van der Waals surface area (Å²) in [7, 11) is 0. The zero-order valence-electron chi connectivity index (χ0n) is 12.5. The van der Waals surface area contributed by atoms with Crippen molar-refractivity contribution in [2.45, 2.75) is 44.2 Å². The molecule has 0 saturated heterocycles. The van der Waals surface area contributed by atoms with Crippen molar-refractivity contribution in [3.63, 3.8) is 0 Å². The van der Waals surface area contributed by atoms with E-state index in [-0.39, 0.29) is 12.5 Å². The maximum Gasteiger partial charge on any atom is 0.237 e. The summed E-state index contributed by atoms with van der Waals surface area (Å²) in [5, 5.41) is 12.2. The molecule has 4 N–H and O–H groups in total. The number of benzene rings is 1. The predicted molar refractivity (Wildman–Crippen MR) is 81.1 cm³/mol. The van der Waals surface area contributed by atoms with Gasteiger partial charge in [-0.2, -0.15) is 0 Å². The maximum atomic E-state index is 11.6. The van der Waals surface area contributed by atoms with Crippen molar-refractivity contribution in [3.05, 3.63) is 29.8 Å². The fourth-order valence-corrected chi connectivity index (χ4v) is 2.20. The Labute approximate surface area is 125 Å². The Morgan fingerprint density at radius 3 is 2.62 bits per heavy atom. The highest BCUT2D eigenvalue weighted by atomic mass is 16.5. The summed E-state index contributed by atoms with van der Waals surface area (Å²) in [4.78, 5) is 11.6. The Hall–Kier alpha value is -1.59. The highest BCUT2D eigenvalue weighted by molar-refractivity contribution is 5.84. The average molecular weight is 292 g/mol. The lowest BCUT2D eigenvalue weighted by atomic mass is 9.97.